The summed E-state index contributed by atoms with van der Waals surface area (Å²) in [6.07, 6.45) is 0. The van der Waals surface area contributed by atoms with Gasteiger partial charge in [0, 0.05) is 10.6 Å². The van der Waals surface area contributed by atoms with Gasteiger partial charge in [0.15, 0.2) is 0 Å². The molecule has 0 saturated heterocycles. The van der Waals surface area contributed by atoms with E-state index in [9.17, 15) is 8.42 Å². The third-order valence-electron chi connectivity index (χ3n) is 3.66. The summed E-state index contributed by atoms with van der Waals surface area (Å²) in [5.41, 5.74) is 1.29. The predicted molar refractivity (Wildman–Crippen MR) is 96.5 cm³/mol. The fourth-order valence-electron chi connectivity index (χ4n) is 2.33. The lowest BCUT2D eigenvalue weighted by molar-refractivity contribution is 0.376. The lowest BCUT2D eigenvalue weighted by atomic mass is 10.2. The topological polar surface area (TPSA) is 94.3 Å². The third kappa shape index (κ3) is 4.04. The largest absolute Gasteiger partial charge is 0.497 e. The smallest absolute Gasteiger partial charge is 0.242 e. The Hall–Kier alpha value is -2.42. The highest BCUT2D eigenvalue weighted by atomic mass is 35.5. The number of nitrogens with one attached hydrogen (secondary N) is 1. The molecule has 9 heteroatoms. The maximum atomic E-state index is 12.5. The van der Waals surface area contributed by atoms with Gasteiger partial charge in [-0.3, -0.25) is 0 Å². The lowest BCUT2D eigenvalue weighted by Gasteiger charge is -2.09. The van der Waals surface area contributed by atoms with E-state index in [1.807, 2.05) is 0 Å². The normalized spacial score (nSPS) is 11.5. The molecule has 0 atom stereocenters. The minimum Gasteiger partial charge on any atom is -0.497 e. The van der Waals surface area contributed by atoms with Crippen LogP contribution in [0.1, 0.15) is 11.5 Å². The van der Waals surface area contributed by atoms with Gasteiger partial charge in [0.1, 0.15) is 5.75 Å². The standard InChI is InChI=1S/C17H16ClN3O4S/c1-11-9-14(24-2)7-8-15(11)26(22,23)19-10-16-20-17(21-25-16)12-3-5-13(18)6-4-12/h3-9,19H,10H2,1-2H3. The second-order valence-corrected chi connectivity index (χ2v) is 7.65. The summed E-state index contributed by atoms with van der Waals surface area (Å²) in [4.78, 5) is 4.35. The highest BCUT2D eigenvalue weighted by Crippen LogP contribution is 2.22. The third-order valence-corrected chi connectivity index (χ3v) is 5.47. The van der Waals surface area contributed by atoms with Crippen LogP contribution in [0.2, 0.25) is 5.02 Å². The Morgan fingerprint density at radius 2 is 1.92 bits per heavy atom. The summed E-state index contributed by atoms with van der Waals surface area (Å²) < 4.78 is 37.6. The Labute approximate surface area is 156 Å². The van der Waals surface area contributed by atoms with Crippen molar-refractivity contribution in [2.75, 3.05) is 7.11 Å². The number of aryl methyl sites for hydroxylation is 1. The first-order chi connectivity index (χ1) is 12.4. The van der Waals surface area contributed by atoms with E-state index in [1.165, 1.54) is 13.2 Å². The molecule has 0 spiro atoms. The summed E-state index contributed by atoms with van der Waals surface area (Å²) >= 11 is 5.85. The molecule has 7 nitrogen and oxygen atoms in total. The maximum absolute atomic E-state index is 12.5. The van der Waals surface area contributed by atoms with Crippen LogP contribution in [0.15, 0.2) is 51.9 Å². The number of aromatic nitrogens is 2. The zero-order chi connectivity index (χ0) is 18.7. The van der Waals surface area contributed by atoms with Gasteiger partial charge >= 0.3 is 0 Å². The molecule has 1 heterocycles. The summed E-state index contributed by atoms with van der Waals surface area (Å²) in [7, 11) is -2.20. The highest BCUT2D eigenvalue weighted by molar-refractivity contribution is 7.89. The molecule has 0 radical (unpaired) electrons. The molecule has 26 heavy (non-hydrogen) atoms. The second-order valence-electron chi connectivity index (χ2n) is 5.47. The Balaban J connectivity index is 1.73. The van der Waals surface area contributed by atoms with E-state index >= 15 is 0 Å². The molecule has 0 fully saturated rings. The predicted octanol–water partition coefficient (Wildman–Crippen LogP) is 3.19. The number of methoxy groups -OCH3 is 1. The van der Waals surface area contributed by atoms with Crippen LogP contribution in [-0.2, 0) is 16.6 Å². The van der Waals surface area contributed by atoms with Gasteiger partial charge in [-0.1, -0.05) is 16.8 Å². The van der Waals surface area contributed by atoms with Crippen LogP contribution >= 0.6 is 11.6 Å². The van der Waals surface area contributed by atoms with Crippen molar-refractivity contribution in [3.63, 3.8) is 0 Å². The first-order valence-corrected chi connectivity index (χ1v) is 9.48. The molecule has 1 aromatic heterocycles. The molecule has 1 N–H and O–H groups in total. The first-order valence-electron chi connectivity index (χ1n) is 7.62. The van der Waals surface area contributed by atoms with E-state index < -0.39 is 10.0 Å². The molecular formula is C17H16ClN3O4S. The van der Waals surface area contributed by atoms with Crippen molar-refractivity contribution >= 4 is 21.6 Å². The van der Waals surface area contributed by atoms with E-state index in [4.69, 9.17) is 20.9 Å². The quantitative estimate of drug-likeness (QED) is 0.691. The van der Waals surface area contributed by atoms with Gasteiger partial charge in [0.25, 0.3) is 0 Å². The molecular weight excluding hydrogens is 378 g/mol. The number of rotatable bonds is 6. The van der Waals surface area contributed by atoms with Gasteiger partial charge < -0.3 is 9.26 Å². The summed E-state index contributed by atoms with van der Waals surface area (Å²) in [5.74, 6) is 1.10. The monoisotopic (exact) mass is 393 g/mol. The zero-order valence-corrected chi connectivity index (χ0v) is 15.6. The van der Waals surface area contributed by atoms with Gasteiger partial charge in [-0.15, -0.1) is 0 Å². The van der Waals surface area contributed by atoms with Crippen molar-refractivity contribution in [3.8, 4) is 17.1 Å². The Morgan fingerprint density at radius 3 is 2.58 bits per heavy atom. The Bertz CT molecular complexity index is 1020. The Kier molecular flexibility index (Phi) is 5.26. The van der Waals surface area contributed by atoms with Crippen LogP contribution in [0.5, 0.6) is 5.75 Å². The average molecular weight is 394 g/mol. The number of ether oxygens (including phenoxy) is 1. The molecule has 0 saturated carbocycles. The minimum atomic E-state index is -3.73. The van der Waals surface area contributed by atoms with E-state index in [-0.39, 0.29) is 17.3 Å². The molecule has 2 aromatic carbocycles. The van der Waals surface area contributed by atoms with Gasteiger partial charge in [0.05, 0.1) is 18.6 Å². The minimum absolute atomic E-state index is 0.117. The van der Waals surface area contributed by atoms with E-state index in [1.54, 1.807) is 43.3 Å². The van der Waals surface area contributed by atoms with Crippen LogP contribution in [0, 0.1) is 6.92 Å². The number of nitrogens with zero attached hydrogens (tertiary/aromatic N) is 2. The molecule has 3 rings (SSSR count). The molecule has 0 aliphatic carbocycles. The van der Waals surface area contributed by atoms with E-state index in [2.05, 4.69) is 14.9 Å². The van der Waals surface area contributed by atoms with Crippen LogP contribution in [0.25, 0.3) is 11.4 Å². The average Bonchev–Trinajstić information content (AvgIpc) is 3.09. The number of hydrogen-bond donors (Lipinski definition) is 1. The Morgan fingerprint density at radius 1 is 1.19 bits per heavy atom. The fourth-order valence-corrected chi connectivity index (χ4v) is 3.65. The van der Waals surface area contributed by atoms with Gasteiger partial charge in [-0.25, -0.2) is 13.1 Å². The van der Waals surface area contributed by atoms with Crippen molar-refractivity contribution in [2.45, 2.75) is 18.4 Å². The number of hydrogen-bond acceptors (Lipinski definition) is 6. The van der Waals surface area contributed by atoms with Crippen LogP contribution in [-0.4, -0.2) is 25.7 Å². The van der Waals surface area contributed by atoms with Crippen molar-refractivity contribution in [3.05, 3.63) is 58.9 Å². The SMILES string of the molecule is COc1ccc(S(=O)(=O)NCc2nc(-c3ccc(Cl)cc3)no2)c(C)c1. The van der Waals surface area contributed by atoms with Crippen LogP contribution < -0.4 is 9.46 Å². The van der Waals surface area contributed by atoms with Gasteiger partial charge in [0.2, 0.25) is 21.7 Å². The van der Waals surface area contributed by atoms with Crippen LogP contribution in [0.3, 0.4) is 0 Å². The van der Waals surface area contributed by atoms with Crippen molar-refractivity contribution in [1.29, 1.82) is 0 Å². The number of sulfonamides is 1. The van der Waals surface area contributed by atoms with E-state index in [0.29, 0.717) is 22.2 Å². The molecule has 136 valence electrons. The molecule has 0 bridgehead atoms. The molecule has 3 aromatic rings. The highest BCUT2D eigenvalue weighted by Gasteiger charge is 2.19. The first kappa shape index (κ1) is 18.4. The lowest BCUT2D eigenvalue weighted by Crippen LogP contribution is -2.24. The molecule has 0 aliphatic heterocycles. The van der Waals surface area contributed by atoms with Crippen molar-refractivity contribution in [1.82, 2.24) is 14.9 Å². The summed E-state index contributed by atoms with van der Waals surface area (Å²) in [6, 6.07) is 11.7. The van der Waals surface area contributed by atoms with Crippen molar-refractivity contribution < 1.29 is 17.7 Å². The van der Waals surface area contributed by atoms with Crippen LogP contribution in [0.4, 0.5) is 0 Å². The second kappa shape index (κ2) is 7.45. The summed E-state index contributed by atoms with van der Waals surface area (Å²) in [5, 5.41) is 4.45. The molecule has 0 aliphatic rings. The zero-order valence-electron chi connectivity index (χ0n) is 14.1. The number of halogens is 1. The maximum Gasteiger partial charge on any atom is 0.242 e. The fraction of sp³-hybridized carbons (Fsp3) is 0.176. The van der Waals surface area contributed by atoms with Gasteiger partial charge in [-0.05, 0) is 55.0 Å². The number of benzene rings is 2. The summed E-state index contributed by atoms with van der Waals surface area (Å²) in [6.45, 7) is 1.58. The van der Waals surface area contributed by atoms with Crippen molar-refractivity contribution in [2.24, 2.45) is 0 Å². The molecule has 0 unspecified atom stereocenters. The van der Waals surface area contributed by atoms with Gasteiger partial charge in [-0.2, -0.15) is 4.98 Å². The van der Waals surface area contributed by atoms with E-state index in [0.717, 1.165) is 5.56 Å². The molecule has 0 amide bonds.